The fourth-order valence-corrected chi connectivity index (χ4v) is 1.79. The molecule has 20 heavy (non-hydrogen) atoms. The molecule has 2 aromatic carbocycles. The smallest absolute Gasteiger partial charge is 0.348 e. The summed E-state index contributed by atoms with van der Waals surface area (Å²) in [6.07, 6.45) is 0. The van der Waals surface area contributed by atoms with E-state index in [1.807, 2.05) is 30.3 Å². The first-order chi connectivity index (χ1) is 9.65. The number of carbonyl (C=O) groups is 1. The van der Waals surface area contributed by atoms with Gasteiger partial charge in [0, 0.05) is 17.6 Å². The van der Waals surface area contributed by atoms with Crippen LogP contribution in [0.2, 0.25) is 10.0 Å². The zero-order chi connectivity index (χ0) is 14.4. The Morgan fingerprint density at radius 1 is 1.10 bits per heavy atom. The van der Waals surface area contributed by atoms with Gasteiger partial charge in [0.2, 0.25) is 0 Å². The lowest BCUT2D eigenvalue weighted by molar-refractivity contribution is 0.178. The third-order valence-corrected chi connectivity index (χ3v) is 2.99. The highest BCUT2D eigenvalue weighted by Crippen LogP contribution is 2.26. The molecule has 0 saturated heterocycles. The maximum atomic E-state index is 11.6. The van der Waals surface area contributed by atoms with Crippen molar-refractivity contribution in [2.75, 3.05) is 0 Å². The van der Waals surface area contributed by atoms with Crippen molar-refractivity contribution >= 4 is 29.2 Å². The number of benzene rings is 2. The molecule has 4 nitrogen and oxygen atoms in total. The van der Waals surface area contributed by atoms with E-state index in [-0.39, 0.29) is 5.75 Å². The van der Waals surface area contributed by atoms with E-state index in [0.717, 1.165) is 5.56 Å². The predicted molar refractivity (Wildman–Crippen MR) is 78.9 cm³/mol. The molecule has 104 valence electrons. The van der Waals surface area contributed by atoms with E-state index in [2.05, 4.69) is 10.8 Å². The summed E-state index contributed by atoms with van der Waals surface area (Å²) in [4.78, 5) is 16.7. The minimum Gasteiger partial charge on any atom is -0.376 e. The highest BCUT2D eigenvalue weighted by molar-refractivity contribution is 6.34. The van der Waals surface area contributed by atoms with Crippen LogP contribution in [-0.2, 0) is 6.54 Å². The Bertz CT molecular complexity index is 591. The first-order valence-electron chi connectivity index (χ1n) is 5.85. The molecule has 0 unspecified atom stereocenters. The first-order valence-corrected chi connectivity index (χ1v) is 6.60. The van der Waals surface area contributed by atoms with Gasteiger partial charge in [-0.25, -0.2) is 4.79 Å². The molecule has 0 radical (unpaired) electrons. The summed E-state index contributed by atoms with van der Waals surface area (Å²) in [6, 6.07) is 13.8. The number of halogens is 2. The maximum Gasteiger partial charge on any atom is 0.348 e. The van der Waals surface area contributed by atoms with Crippen LogP contribution in [0.5, 0.6) is 5.75 Å². The van der Waals surface area contributed by atoms with Crippen LogP contribution in [0.4, 0.5) is 4.79 Å². The van der Waals surface area contributed by atoms with E-state index in [4.69, 9.17) is 28.0 Å². The normalized spacial score (nSPS) is 9.90. The van der Waals surface area contributed by atoms with Crippen LogP contribution in [0.1, 0.15) is 5.56 Å². The second kappa shape index (κ2) is 7.03. The molecule has 0 atom stereocenters. The summed E-state index contributed by atoms with van der Waals surface area (Å²) in [5.74, 6) is 0.286. The van der Waals surface area contributed by atoms with Crippen molar-refractivity contribution in [2.24, 2.45) is 0 Å². The van der Waals surface area contributed by atoms with Crippen molar-refractivity contribution in [1.29, 1.82) is 0 Å². The van der Waals surface area contributed by atoms with Gasteiger partial charge in [0.25, 0.3) is 0 Å². The van der Waals surface area contributed by atoms with Crippen LogP contribution in [-0.4, -0.2) is 6.03 Å². The van der Waals surface area contributed by atoms with Crippen LogP contribution in [0.15, 0.2) is 48.5 Å². The van der Waals surface area contributed by atoms with Gasteiger partial charge in [-0.15, -0.1) is 0 Å². The van der Waals surface area contributed by atoms with Crippen molar-refractivity contribution in [1.82, 2.24) is 10.8 Å². The molecule has 0 aromatic heterocycles. The lowest BCUT2D eigenvalue weighted by atomic mass is 10.2. The molecular formula is C14H12Cl2N2O2. The molecule has 0 saturated carbocycles. The summed E-state index contributed by atoms with van der Waals surface area (Å²) >= 11 is 11.7. The van der Waals surface area contributed by atoms with Crippen LogP contribution < -0.4 is 15.6 Å². The van der Waals surface area contributed by atoms with Gasteiger partial charge in [-0.3, -0.25) is 0 Å². The van der Waals surface area contributed by atoms with E-state index in [1.165, 1.54) is 6.07 Å². The van der Waals surface area contributed by atoms with Gasteiger partial charge in [0.05, 0.1) is 5.02 Å². The van der Waals surface area contributed by atoms with Crippen LogP contribution >= 0.6 is 23.2 Å². The Kier molecular flexibility index (Phi) is 5.09. The predicted octanol–water partition coefficient (Wildman–Crippen LogP) is 3.79. The topological polar surface area (TPSA) is 50.4 Å². The Labute approximate surface area is 126 Å². The standard InChI is InChI=1S/C14H12Cl2N2O2/c15-11-6-7-12(16)13(8-11)20-18-14(19)17-9-10-4-2-1-3-5-10/h1-8H,9H2,(H2,17,18,19). The van der Waals surface area contributed by atoms with Gasteiger partial charge in [0.15, 0.2) is 5.75 Å². The third kappa shape index (κ3) is 4.33. The van der Waals surface area contributed by atoms with E-state index in [9.17, 15) is 4.79 Å². The van der Waals surface area contributed by atoms with Gasteiger partial charge < -0.3 is 10.2 Å². The van der Waals surface area contributed by atoms with E-state index < -0.39 is 6.03 Å². The minimum absolute atomic E-state index is 0.286. The SMILES string of the molecule is O=C(NCc1ccccc1)NOc1cc(Cl)ccc1Cl. The molecular weight excluding hydrogens is 299 g/mol. The number of urea groups is 1. The lowest BCUT2D eigenvalue weighted by Gasteiger charge is -2.10. The average Bonchev–Trinajstić information content (AvgIpc) is 2.47. The Balaban J connectivity index is 1.82. The first kappa shape index (κ1) is 14.5. The number of hydrogen-bond donors (Lipinski definition) is 2. The Morgan fingerprint density at radius 2 is 1.85 bits per heavy atom. The van der Waals surface area contributed by atoms with E-state index in [1.54, 1.807) is 12.1 Å². The molecule has 0 spiro atoms. The van der Waals surface area contributed by atoms with Gasteiger partial charge >= 0.3 is 6.03 Å². The highest BCUT2D eigenvalue weighted by Gasteiger charge is 2.05. The van der Waals surface area contributed by atoms with Gasteiger partial charge in [0.1, 0.15) is 0 Å². The maximum absolute atomic E-state index is 11.6. The number of carbonyl (C=O) groups excluding carboxylic acids is 1. The van der Waals surface area contributed by atoms with Crippen LogP contribution in [0.3, 0.4) is 0 Å². The number of nitrogens with one attached hydrogen (secondary N) is 2. The number of hydroxylamine groups is 1. The Hall–Kier alpha value is -1.91. The summed E-state index contributed by atoms with van der Waals surface area (Å²) in [5.41, 5.74) is 3.23. The average molecular weight is 311 g/mol. The van der Waals surface area contributed by atoms with Crippen molar-refractivity contribution in [3.8, 4) is 5.75 Å². The third-order valence-electron chi connectivity index (χ3n) is 2.44. The molecule has 2 rings (SSSR count). The Morgan fingerprint density at radius 3 is 2.60 bits per heavy atom. The lowest BCUT2D eigenvalue weighted by Crippen LogP contribution is -2.37. The molecule has 2 amide bonds. The molecule has 2 N–H and O–H groups in total. The molecule has 2 aromatic rings. The summed E-state index contributed by atoms with van der Waals surface area (Å²) in [7, 11) is 0. The summed E-state index contributed by atoms with van der Waals surface area (Å²) in [6.45, 7) is 0.402. The van der Waals surface area contributed by atoms with Crippen molar-refractivity contribution in [3.05, 3.63) is 64.1 Å². The molecule has 6 heteroatoms. The fourth-order valence-electron chi connectivity index (χ4n) is 1.47. The van der Waals surface area contributed by atoms with Crippen LogP contribution in [0, 0.1) is 0 Å². The zero-order valence-electron chi connectivity index (χ0n) is 10.4. The molecule has 0 fully saturated rings. The van der Waals surface area contributed by atoms with E-state index in [0.29, 0.717) is 16.6 Å². The minimum atomic E-state index is -0.468. The zero-order valence-corrected chi connectivity index (χ0v) is 11.9. The van der Waals surface area contributed by atoms with Gasteiger partial charge in [-0.2, -0.15) is 5.48 Å². The molecule has 0 aliphatic heterocycles. The second-order valence-corrected chi connectivity index (χ2v) is 4.79. The monoisotopic (exact) mass is 310 g/mol. The van der Waals surface area contributed by atoms with Crippen molar-refractivity contribution in [3.63, 3.8) is 0 Å². The molecule has 0 aliphatic carbocycles. The van der Waals surface area contributed by atoms with Gasteiger partial charge in [-0.1, -0.05) is 53.5 Å². The quantitative estimate of drug-likeness (QED) is 0.844. The largest absolute Gasteiger partial charge is 0.376 e. The molecule has 0 aliphatic rings. The highest BCUT2D eigenvalue weighted by atomic mass is 35.5. The van der Waals surface area contributed by atoms with Crippen LogP contribution in [0.25, 0.3) is 0 Å². The van der Waals surface area contributed by atoms with Gasteiger partial charge in [-0.05, 0) is 17.7 Å². The van der Waals surface area contributed by atoms with Crippen molar-refractivity contribution in [2.45, 2.75) is 6.54 Å². The second-order valence-electron chi connectivity index (χ2n) is 3.95. The fraction of sp³-hybridized carbons (Fsp3) is 0.0714. The number of amides is 2. The number of hydrogen-bond acceptors (Lipinski definition) is 2. The van der Waals surface area contributed by atoms with Crippen molar-refractivity contribution < 1.29 is 9.63 Å². The molecule has 0 heterocycles. The number of rotatable bonds is 4. The summed E-state index contributed by atoms with van der Waals surface area (Å²) < 4.78 is 0. The van der Waals surface area contributed by atoms with E-state index >= 15 is 0 Å². The molecule has 0 bridgehead atoms. The summed E-state index contributed by atoms with van der Waals surface area (Å²) in [5, 5.41) is 3.48.